The fraction of sp³-hybridized carbons (Fsp3) is 0.894. The minimum absolute atomic E-state index is 0.216. The van der Waals surface area contributed by atoms with Crippen LogP contribution >= 0.6 is 0 Å². The van der Waals surface area contributed by atoms with Gasteiger partial charge in [-0.05, 0) is 51.4 Å². The van der Waals surface area contributed by atoms with Gasteiger partial charge in [-0.15, -0.1) is 0 Å². The smallest absolute Gasteiger partial charge is 0.220 e. The van der Waals surface area contributed by atoms with E-state index in [-0.39, 0.29) is 12.5 Å². The molecule has 0 saturated carbocycles. The van der Waals surface area contributed by atoms with Gasteiger partial charge in [-0.3, -0.25) is 4.79 Å². The molecule has 2 saturated heterocycles. The molecule has 2 heterocycles. The fourth-order valence-electron chi connectivity index (χ4n) is 11.0. The SMILES string of the molecule is CCCCCCC/C=C\C/C=C\C/C=C\CCCCCCCCC(=O)NC(COC1OC(CO)C(OC2OC(CO)C(O)C(O)C2O)C(O)C1O)C(O)CCCCCCCCCCCCCCCCCCCCCCCCCCC. The van der Waals surface area contributed by atoms with Crippen LogP contribution in [0.1, 0.15) is 284 Å². The van der Waals surface area contributed by atoms with Gasteiger partial charge in [0.1, 0.15) is 48.8 Å². The number of hydrogen-bond donors (Lipinski definition) is 9. The third kappa shape index (κ3) is 36.1. The summed E-state index contributed by atoms with van der Waals surface area (Å²) in [6.45, 7) is 2.87. The minimum atomic E-state index is -1.78. The number of unbranched alkanes of at least 4 members (excludes halogenated alkanes) is 35. The van der Waals surface area contributed by atoms with Crippen molar-refractivity contribution in [3.8, 4) is 0 Å². The van der Waals surface area contributed by atoms with Gasteiger partial charge in [-0.25, -0.2) is 0 Å². The van der Waals surface area contributed by atoms with E-state index in [0.717, 1.165) is 77.0 Å². The molecule has 14 nitrogen and oxygen atoms in total. The molecule has 1 amide bonds. The first kappa shape index (κ1) is 74.3. The van der Waals surface area contributed by atoms with Gasteiger partial charge in [0.15, 0.2) is 12.6 Å². The topological polar surface area (TPSA) is 228 Å². The average molecular weight is 1140 g/mol. The first-order valence-electron chi connectivity index (χ1n) is 33.2. The second-order valence-electron chi connectivity index (χ2n) is 23.6. The van der Waals surface area contributed by atoms with Crippen molar-refractivity contribution in [1.29, 1.82) is 0 Å². The molecule has 2 fully saturated rings. The summed E-state index contributed by atoms with van der Waals surface area (Å²) in [5, 5.41) is 87.5. The number of allylic oxidation sites excluding steroid dienone is 6. The predicted octanol–water partition coefficient (Wildman–Crippen LogP) is 12.6. The van der Waals surface area contributed by atoms with Crippen molar-refractivity contribution in [3.05, 3.63) is 36.5 Å². The van der Waals surface area contributed by atoms with Crippen LogP contribution in [0.3, 0.4) is 0 Å². The zero-order valence-electron chi connectivity index (χ0n) is 50.8. The second kappa shape index (κ2) is 51.6. The Balaban J connectivity index is 1.71. The molecule has 0 aromatic carbocycles. The molecule has 14 heteroatoms. The van der Waals surface area contributed by atoms with Crippen LogP contribution < -0.4 is 5.32 Å². The Hall–Kier alpha value is -1.79. The molecule has 0 radical (unpaired) electrons. The largest absolute Gasteiger partial charge is 0.394 e. The molecule has 0 bridgehead atoms. The molecule has 12 atom stereocenters. The predicted molar refractivity (Wildman–Crippen MR) is 323 cm³/mol. The van der Waals surface area contributed by atoms with Gasteiger partial charge in [0.25, 0.3) is 0 Å². The van der Waals surface area contributed by atoms with Crippen LogP contribution in [0.2, 0.25) is 0 Å². The van der Waals surface area contributed by atoms with Crippen LogP contribution in [0.5, 0.6) is 0 Å². The third-order valence-electron chi connectivity index (χ3n) is 16.4. The number of nitrogens with one attached hydrogen (secondary N) is 1. The molecule has 12 unspecified atom stereocenters. The fourth-order valence-corrected chi connectivity index (χ4v) is 11.0. The molecule has 2 aliphatic rings. The summed E-state index contributed by atoms with van der Waals surface area (Å²) >= 11 is 0. The zero-order valence-corrected chi connectivity index (χ0v) is 50.8. The lowest BCUT2D eigenvalue weighted by Crippen LogP contribution is -2.65. The van der Waals surface area contributed by atoms with Gasteiger partial charge >= 0.3 is 0 Å². The monoisotopic (exact) mass is 1140 g/mol. The van der Waals surface area contributed by atoms with Crippen molar-refractivity contribution in [2.45, 2.75) is 357 Å². The maximum atomic E-state index is 13.3. The maximum Gasteiger partial charge on any atom is 0.220 e. The number of ether oxygens (including phenoxy) is 4. The second-order valence-corrected chi connectivity index (χ2v) is 23.6. The Kier molecular flexibility index (Phi) is 47.9. The van der Waals surface area contributed by atoms with Gasteiger partial charge < -0.3 is 65.1 Å². The highest BCUT2D eigenvalue weighted by molar-refractivity contribution is 5.76. The van der Waals surface area contributed by atoms with Crippen molar-refractivity contribution in [3.63, 3.8) is 0 Å². The molecule has 0 aromatic heterocycles. The summed E-state index contributed by atoms with van der Waals surface area (Å²) in [7, 11) is 0. The molecular weight excluding hydrogens is 1010 g/mol. The van der Waals surface area contributed by atoms with Crippen LogP contribution in [-0.2, 0) is 23.7 Å². The van der Waals surface area contributed by atoms with Crippen LogP contribution in [0.4, 0.5) is 0 Å². The standard InChI is InChI=1S/C66H123NO13/c1-3-5-7-9-11-13-15-17-19-21-23-25-26-27-28-30-31-33-35-37-39-41-43-45-47-49-55(70)54(53-77-65-63(76)61(74)64(57(52-69)79-65)80-66-62(75)60(73)59(72)56(51-68)78-66)67-58(71)50-48-46-44-42-40-38-36-34-32-29-24-22-20-18-16-14-12-10-8-6-4-2/h16,18,22,24,32,34,54-57,59-66,68-70,72-76H,3-15,17,19-21,23,25-31,33,35-53H2,1-2H3,(H,67,71)/b18-16-,24-22-,34-32-. The van der Waals surface area contributed by atoms with Crippen LogP contribution in [0.25, 0.3) is 0 Å². The van der Waals surface area contributed by atoms with E-state index in [4.69, 9.17) is 18.9 Å². The zero-order chi connectivity index (χ0) is 58.1. The lowest BCUT2D eigenvalue weighted by molar-refractivity contribution is -0.359. The summed E-state index contributed by atoms with van der Waals surface area (Å²) in [5.74, 6) is -0.216. The molecule has 9 N–H and O–H groups in total. The van der Waals surface area contributed by atoms with Crippen LogP contribution in [-0.4, -0.2) is 140 Å². The Labute approximate surface area is 487 Å². The maximum absolute atomic E-state index is 13.3. The van der Waals surface area contributed by atoms with E-state index < -0.39 is 86.8 Å². The highest BCUT2D eigenvalue weighted by Gasteiger charge is 2.51. The molecule has 470 valence electrons. The van der Waals surface area contributed by atoms with Gasteiger partial charge in [-0.2, -0.15) is 0 Å². The average Bonchev–Trinajstić information content (AvgIpc) is 3.46. The Morgan fingerprint density at radius 3 is 1.26 bits per heavy atom. The van der Waals surface area contributed by atoms with E-state index in [9.17, 15) is 45.6 Å². The summed E-state index contributed by atoms with van der Waals surface area (Å²) in [4.78, 5) is 13.3. The van der Waals surface area contributed by atoms with Crippen molar-refractivity contribution in [2.24, 2.45) is 0 Å². The molecule has 0 aromatic rings. The van der Waals surface area contributed by atoms with Crippen LogP contribution in [0.15, 0.2) is 36.5 Å². The number of rotatable bonds is 54. The molecule has 80 heavy (non-hydrogen) atoms. The van der Waals surface area contributed by atoms with Crippen LogP contribution in [0, 0.1) is 0 Å². The van der Waals surface area contributed by atoms with E-state index in [1.54, 1.807) is 0 Å². The minimum Gasteiger partial charge on any atom is -0.394 e. The molecule has 2 rings (SSSR count). The number of carbonyl (C=O) groups excluding carboxylic acids is 1. The van der Waals surface area contributed by atoms with E-state index in [0.29, 0.717) is 19.3 Å². The third-order valence-corrected chi connectivity index (χ3v) is 16.4. The summed E-state index contributed by atoms with van der Waals surface area (Å²) in [5.41, 5.74) is 0. The van der Waals surface area contributed by atoms with E-state index in [1.807, 2.05) is 0 Å². The molecular formula is C66H123NO13. The Bertz CT molecular complexity index is 1480. The van der Waals surface area contributed by atoms with E-state index in [1.165, 1.54) is 173 Å². The van der Waals surface area contributed by atoms with Crippen molar-refractivity contribution in [2.75, 3.05) is 19.8 Å². The van der Waals surface area contributed by atoms with E-state index in [2.05, 4.69) is 55.6 Å². The highest BCUT2D eigenvalue weighted by atomic mass is 16.7. The summed E-state index contributed by atoms with van der Waals surface area (Å²) < 4.78 is 22.9. The lowest BCUT2D eigenvalue weighted by atomic mass is 9.97. The molecule has 0 spiro atoms. The number of hydrogen-bond acceptors (Lipinski definition) is 13. The van der Waals surface area contributed by atoms with Crippen molar-refractivity contribution >= 4 is 5.91 Å². The molecule has 2 aliphatic heterocycles. The first-order chi connectivity index (χ1) is 39.1. The van der Waals surface area contributed by atoms with Gasteiger partial charge in [-0.1, -0.05) is 262 Å². The first-order valence-corrected chi connectivity index (χ1v) is 33.2. The van der Waals surface area contributed by atoms with Crippen molar-refractivity contribution < 1.29 is 64.6 Å². The quantitative estimate of drug-likeness (QED) is 0.0204. The molecule has 0 aliphatic carbocycles. The number of aliphatic hydroxyl groups is 8. The number of amides is 1. The highest BCUT2D eigenvalue weighted by Crippen LogP contribution is 2.30. The lowest BCUT2D eigenvalue weighted by Gasteiger charge is -2.46. The summed E-state index contributed by atoms with van der Waals surface area (Å²) in [6.07, 6.45) is 47.2. The van der Waals surface area contributed by atoms with Crippen molar-refractivity contribution in [1.82, 2.24) is 5.32 Å². The number of aliphatic hydroxyl groups excluding tert-OH is 8. The van der Waals surface area contributed by atoms with E-state index >= 15 is 0 Å². The van der Waals surface area contributed by atoms with Gasteiger partial charge in [0, 0.05) is 6.42 Å². The Morgan fingerprint density at radius 2 is 0.825 bits per heavy atom. The summed E-state index contributed by atoms with van der Waals surface area (Å²) in [6, 6.07) is -0.837. The Morgan fingerprint density at radius 1 is 0.450 bits per heavy atom. The normalized spacial score (nSPS) is 24.4. The van der Waals surface area contributed by atoms with Gasteiger partial charge in [0.2, 0.25) is 5.91 Å². The number of carbonyl (C=O) groups is 1. The van der Waals surface area contributed by atoms with Gasteiger partial charge in [0.05, 0.1) is 32.0 Å².